The molecule has 12 heavy (non-hydrogen) atoms. The second-order valence-electron chi connectivity index (χ2n) is 2.60. The summed E-state index contributed by atoms with van der Waals surface area (Å²) in [6.45, 7) is 2.35. The number of hydrogen-bond acceptors (Lipinski definition) is 3. The number of nitrogen functional groups attached to an aromatic ring is 1. The highest BCUT2D eigenvalue weighted by Crippen LogP contribution is 2.29. The molecule has 0 unspecified atom stereocenters. The van der Waals surface area contributed by atoms with Crippen LogP contribution in [0.15, 0.2) is 6.20 Å². The maximum Gasteiger partial charge on any atom is 0.275 e. The van der Waals surface area contributed by atoms with E-state index >= 15 is 0 Å². The van der Waals surface area contributed by atoms with Gasteiger partial charge in [-0.2, -0.15) is 0 Å². The van der Waals surface area contributed by atoms with Gasteiger partial charge in [0.2, 0.25) is 0 Å². The van der Waals surface area contributed by atoms with Crippen molar-refractivity contribution in [3.8, 4) is 0 Å². The molecule has 0 radical (unpaired) electrons. The molecule has 0 aliphatic carbocycles. The number of rotatable bonds is 1. The van der Waals surface area contributed by atoms with Crippen molar-refractivity contribution in [2.24, 2.45) is 0 Å². The van der Waals surface area contributed by atoms with Gasteiger partial charge in [0.25, 0.3) is 5.92 Å². The first kappa shape index (κ1) is 8.83. The Labute approximate surface area is 68.6 Å². The van der Waals surface area contributed by atoms with Gasteiger partial charge >= 0.3 is 0 Å². The van der Waals surface area contributed by atoms with E-state index in [-0.39, 0.29) is 11.4 Å². The van der Waals surface area contributed by atoms with Crippen molar-refractivity contribution in [1.82, 2.24) is 9.97 Å². The second-order valence-corrected chi connectivity index (χ2v) is 2.60. The Bertz CT molecular complexity index is 293. The van der Waals surface area contributed by atoms with Crippen LogP contribution in [0, 0.1) is 6.92 Å². The number of nitrogens with zero attached hydrogens (tertiary/aromatic N) is 2. The van der Waals surface area contributed by atoms with E-state index in [4.69, 9.17) is 5.73 Å². The van der Waals surface area contributed by atoms with Crippen LogP contribution in [0.2, 0.25) is 0 Å². The molecule has 0 aliphatic rings. The first-order valence-corrected chi connectivity index (χ1v) is 3.38. The topological polar surface area (TPSA) is 51.8 Å². The lowest BCUT2D eigenvalue weighted by Crippen LogP contribution is -2.13. The minimum absolute atomic E-state index is 0.157. The maximum atomic E-state index is 12.7. The molecule has 1 heterocycles. The van der Waals surface area contributed by atoms with Gasteiger partial charge in [0, 0.05) is 13.1 Å². The smallest absolute Gasteiger partial charge is 0.275 e. The summed E-state index contributed by atoms with van der Waals surface area (Å²) in [5.74, 6) is -2.74. The summed E-state index contributed by atoms with van der Waals surface area (Å²) < 4.78 is 25.4. The molecule has 0 saturated heterocycles. The Morgan fingerprint density at radius 1 is 1.50 bits per heavy atom. The lowest BCUT2D eigenvalue weighted by molar-refractivity contribution is 0.0176. The molecule has 0 fully saturated rings. The largest absolute Gasteiger partial charge is 0.383 e. The van der Waals surface area contributed by atoms with E-state index in [0.717, 1.165) is 13.1 Å². The number of alkyl halides is 2. The van der Waals surface area contributed by atoms with Crippen LogP contribution in [0.4, 0.5) is 14.6 Å². The van der Waals surface area contributed by atoms with E-state index in [2.05, 4.69) is 9.97 Å². The maximum absolute atomic E-state index is 12.7. The number of anilines is 1. The van der Waals surface area contributed by atoms with Gasteiger partial charge in [0.15, 0.2) is 0 Å². The van der Waals surface area contributed by atoms with Gasteiger partial charge in [0.05, 0.1) is 5.56 Å². The van der Waals surface area contributed by atoms with Crippen LogP contribution < -0.4 is 5.73 Å². The van der Waals surface area contributed by atoms with E-state index in [1.165, 1.54) is 0 Å². The fourth-order valence-corrected chi connectivity index (χ4v) is 0.826. The summed E-state index contributed by atoms with van der Waals surface area (Å²) in [7, 11) is 0. The third-order valence-electron chi connectivity index (χ3n) is 1.41. The summed E-state index contributed by atoms with van der Waals surface area (Å²) in [5.41, 5.74) is 4.95. The number of halogens is 2. The summed E-state index contributed by atoms with van der Waals surface area (Å²) in [6.07, 6.45) is 1.05. The predicted molar refractivity (Wildman–Crippen MR) is 40.7 cm³/mol. The van der Waals surface area contributed by atoms with Crippen molar-refractivity contribution >= 4 is 5.82 Å². The lowest BCUT2D eigenvalue weighted by Gasteiger charge is -2.11. The summed E-state index contributed by atoms with van der Waals surface area (Å²) in [6, 6.07) is 0. The van der Waals surface area contributed by atoms with Crippen molar-refractivity contribution in [1.29, 1.82) is 0 Å². The molecule has 5 heteroatoms. The lowest BCUT2D eigenvalue weighted by atomic mass is 10.2. The molecule has 0 aliphatic heterocycles. The zero-order valence-electron chi connectivity index (χ0n) is 6.81. The van der Waals surface area contributed by atoms with E-state index in [1.54, 1.807) is 6.92 Å². The van der Waals surface area contributed by atoms with Crippen LogP contribution in [0.25, 0.3) is 0 Å². The van der Waals surface area contributed by atoms with Crippen LogP contribution in [0.5, 0.6) is 0 Å². The third kappa shape index (κ3) is 1.66. The first-order chi connectivity index (χ1) is 5.41. The zero-order chi connectivity index (χ0) is 9.35. The third-order valence-corrected chi connectivity index (χ3v) is 1.41. The molecule has 0 amide bonds. The molecule has 2 N–H and O–H groups in total. The Balaban J connectivity index is 3.19. The van der Waals surface area contributed by atoms with Crippen LogP contribution in [0.1, 0.15) is 18.3 Å². The minimum Gasteiger partial charge on any atom is -0.383 e. The quantitative estimate of drug-likeness (QED) is 0.699. The molecule has 66 valence electrons. The average molecular weight is 173 g/mol. The molecule has 1 rings (SSSR count). The molecule has 0 saturated carbocycles. The Morgan fingerprint density at radius 2 is 2.08 bits per heavy atom. The van der Waals surface area contributed by atoms with Crippen LogP contribution >= 0.6 is 0 Å². The molecule has 0 spiro atoms. The average Bonchev–Trinajstić information content (AvgIpc) is 1.83. The molecule has 0 bridgehead atoms. The number of aryl methyl sites for hydroxylation is 1. The first-order valence-electron chi connectivity index (χ1n) is 3.38. The number of aromatic nitrogens is 2. The van der Waals surface area contributed by atoms with Gasteiger partial charge in [-0.05, 0) is 6.92 Å². The Hall–Kier alpha value is -1.26. The van der Waals surface area contributed by atoms with Gasteiger partial charge in [-0.15, -0.1) is 0 Å². The van der Waals surface area contributed by atoms with Crippen molar-refractivity contribution in [2.45, 2.75) is 19.8 Å². The van der Waals surface area contributed by atoms with Gasteiger partial charge < -0.3 is 5.73 Å². The normalized spacial score (nSPS) is 11.7. The zero-order valence-corrected chi connectivity index (χ0v) is 6.81. The number of nitrogens with two attached hydrogens (primary N) is 1. The van der Waals surface area contributed by atoms with E-state index in [1.807, 2.05) is 0 Å². The Morgan fingerprint density at radius 3 is 2.50 bits per heavy atom. The molecule has 0 atom stereocenters. The highest BCUT2D eigenvalue weighted by Gasteiger charge is 2.28. The summed E-state index contributed by atoms with van der Waals surface area (Å²) in [5, 5.41) is 0. The minimum atomic E-state index is -2.97. The molecular formula is C7H9F2N3. The SMILES string of the molecule is Cc1ncc(C(C)(F)F)c(N)n1. The highest BCUT2D eigenvalue weighted by atomic mass is 19.3. The van der Waals surface area contributed by atoms with Crippen molar-refractivity contribution in [2.75, 3.05) is 5.73 Å². The van der Waals surface area contributed by atoms with Gasteiger partial charge in [-0.25, -0.2) is 18.7 Å². The van der Waals surface area contributed by atoms with E-state index < -0.39 is 5.92 Å². The van der Waals surface area contributed by atoms with Gasteiger partial charge in [-0.1, -0.05) is 0 Å². The van der Waals surface area contributed by atoms with Gasteiger partial charge in [0.1, 0.15) is 11.6 Å². The van der Waals surface area contributed by atoms with Crippen LogP contribution in [-0.4, -0.2) is 9.97 Å². The standard InChI is InChI=1S/C7H9F2N3/c1-4-11-3-5(6(10)12-4)7(2,8)9/h3H,1-2H3,(H2,10,11,12). The fourth-order valence-electron chi connectivity index (χ4n) is 0.826. The predicted octanol–water partition coefficient (Wildman–Crippen LogP) is 1.48. The monoisotopic (exact) mass is 173 g/mol. The van der Waals surface area contributed by atoms with E-state index in [0.29, 0.717) is 5.82 Å². The molecule has 1 aromatic heterocycles. The summed E-state index contributed by atoms with van der Waals surface area (Å²) >= 11 is 0. The second kappa shape index (κ2) is 2.66. The Kier molecular flexibility index (Phi) is 1.95. The number of hydrogen-bond donors (Lipinski definition) is 1. The highest BCUT2D eigenvalue weighted by molar-refractivity contribution is 5.40. The fraction of sp³-hybridized carbons (Fsp3) is 0.429. The van der Waals surface area contributed by atoms with Crippen LogP contribution in [0.3, 0.4) is 0 Å². The van der Waals surface area contributed by atoms with E-state index in [9.17, 15) is 8.78 Å². The molecular weight excluding hydrogens is 164 g/mol. The van der Waals surface area contributed by atoms with Crippen molar-refractivity contribution < 1.29 is 8.78 Å². The summed E-state index contributed by atoms with van der Waals surface area (Å²) in [4.78, 5) is 7.26. The van der Waals surface area contributed by atoms with Gasteiger partial charge in [-0.3, -0.25) is 0 Å². The van der Waals surface area contributed by atoms with Crippen molar-refractivity contribution in [3.05, 3.63) is 17.6 Å². The van der Waals surface area contributed by atoms with Crippen LogP contribution in [-0.2, 0) is 5.92 Å². The molecule has 3 nitrogen and oxygen atoms in total. The molecule has 0 aromatic carbocycles. The van der Waals surface area contributed by atoms with Crippen molar-refractivity contribution in [3.63, 3.8) is 0 Å². The molecule has 1 aromatic rings.